The van der Waals surface area contributed by atoms with Gasteiger partial charge in [-0.1, -0.05) is 60.5 Å². The molecule has 1 aliphatic carbocycles. The SMILES string of the molecule is COc1cc2c(c(Cl)c1Cl)C(=O)[C@@](C)(Cc1ccccc1)C2. The Morgan fingerprint density at radius 3 is 2.50 bits per heavy atom. The van der Waals surface area contributed by atoms with Crippen molar-refractivity contribution in [3.8, 4) is 5.75 Å². The zero-order valence-electron chi connectivity index (χ0n) is 12.5. The van der Waals surface area contributed by atoms with Gasteiger partial charge in [0, 0.05) is 11.0 Å². The normalized spacial score (nSPS) is 20.1. The van der Waals surface area contributed by atoms with Gasteiger partial charge in [-0.15, -0.1) is 0 Å². The predicted octanol–water partition coefficient (Wildman–Crippen LogP) is 4.99. The summed E-state index contributed by atoms with van der Waals surface area (Å²) < 4.78 is 5.25. The third kappa shape index (κ3) is 2.41. The fourth-order valence-electron chi connectivity index (χ4n) is 3.18. The molecule has 114 valence electrons. The van der Waals surface area contributed by atoms with Gasteiger partial charge in [0.25, 0.3) is 0 Å². The van der Waals surface area contributed by atoms with E-state index >= 15 is 0 Å². The van der Waals surface area contributed by atoms with Crippen LogP contribution in [-0.4, -0.2) is 12.9 Å². The number of hydrogen-bond donors (Lipinski definition) is 0. The second-order valence-electron chi connectivity index (χ2n) is 5.97. The van der Waals surface area contributed by atoms with Crippen LogP contribution in [0.15, 0.2) is 36.4 Å². The van der Waals surface area contributed by atoms with Crippen LogP contribution in [0, 0.1) is 5.41 Å². The summed E-state index contributed by atoms with van der Waals surface area (Å²) in [6.07, 6.45) is 1.32. The molecule has 0 aromatic heterocycles. The van der Waals surface area contributed by atoms with Crippen molar-refractivity contribution in [2.24, 2.45) is 5.41 Å². The third-order valence-electron chi connectivity index (χ3n) is 4.27. The van der Waals surface area contributed by atoms with Crippen LogP contribution in [0.2, 0.25) is 10.0 Å². The zero-order valence-corrected chi connectivity index (χ0v) is 14.0. The van der Waals surface area contributed by atoms with E-state index in [1.807, 2.05) is 43.3 Å². The van der Waals surface area contributed by atoms with E-state index in [9.17, 15) is 4.79 Å². The minimum atomic E-state index is -0.497. The fraction of sp³-hybridized carbons (Fsp3) is 0.278. The Morgan fingerprint density at radius 1 is 1.18 bits per heavy atom. The molecule has 22 heavy (non-hydrogen) atoms. The highest BCUT2D eigenvalue weighted by molar-refractivity contribution is 6.45. The molecule has 0 heterocycles. The van der Waals surface area contributed by atoms with Crippen LogP contribution in [0.5, 0.6) is 5.75 Å². The maximum Gasteiger partial charge on any atom is 0.171 e. The van der Waals surface area contributed by atoms with Crippen molar-refractivity contribution in [2.45, 2.75) is 19.8 Å². The van der Waals surface area contributed by atoms with Crippen molar-refractivity contribution in [1.82, 2.24) is 0 Å². The van der Waals surface area contributed by atoms with Crippen LogP contribution in [-0.2, 0) is 12.8 Å². The summed E-state index contributed by atoms with van der Waals surface area (Å²) >= 11 is 12.5. The minimum absolute atomic E-state index is 0.0564. The van der Waals surface area contributed by atoms with Crippen LogP contribution in [0.1, 0.15) is 28.4 Å². The van der Waals surface area contributed by atoms with Crippen LogP contribution >= 0.6 is 23.2 Å². The fourth-order valence-corrected chi connectivity index (χ4v) is 3.70. The number of carbonyl (C=O) groups is 1. The molecule has 0 N–H and O–H groups in total. The number of ketones is 1. The summed E-state index contributed by atoms with van der Waals surface area (Å²) in [7, 11) is 1.55. The predicted molar refractivity (Wildman–Crippen MR) is 89.3 cm³/mol. The van der Waals surface area contributed by atoms with Gasteiger partial charge >= 0.3 is 0 Å². The maximum absolute atomic E-state index is 12.9. The Labute approximate surface area is 140 Å². The highest BCUT2D eigenvalue weighted by Crippen LogP contribution is 2.47. The first-order chi connectivity index (χ1) is 10.5. The molecule has 0 saturated carbocycles. The molecule has 0 saturated heterocycles. The van der Waals surface area contributed by atoms with E-state index in [4.69, 9.17) is 27.9 Å². The number of ether oxygens (including phenoxy) is 1. The number of halogens is 2. The van der Waals surface area contributed by atoms with E-state index in [2.05, 4.69) is 0 Å². The molecular formula is C18H16Cl2O2. The minimum Gasteiger partial charge on any atom is -0.495 e. The molecule has 0 bridgehead atoms. The van der Waals surface area contributed by atoms with Gasteiger partial charge in [0.15, 0.2) is 5.78 Å². The summed E-state index contributed by atoms with van der Waals surface area (Å²) in [5.74, 6) is 0.572. The lowest BCUT2D eigenvalue weighted by atomic mass is 9.80. The number of hydrogen-bond acceptors (Lipinski definition) is 2. The number of methoxy groups -OCH3 is 1. The zero-order chi connectivity index (χ0) is 15.9. The van der Waals surface area contributed by atoms with Crippen LogP contribution in [0.3, 0.4) is 0 Å². The lowest BCUT2D eigenvalue weighted by Gasteiger charge is -2.21. The molecule has 0 unspecified atom stereocenters. The molecular weight excluding hydrogens is 319 g/mol. The van der Waals surface area contributed by atoms with E-state index in [1.165, 1.54) is 0 Å². The van der Waals surface area contributed by atoms with E-state index in [0.717, 1.165) is 11.1 Å². The first-order valence-electron chi connectivity index (χ1n) is 7.10. The maximum atomic E-state index is 12.9. The smallest absolute Gasteiger partial charge is 0.171 e. The highest BCUT2D eigenvalue weighted by atomic mass is 35.5. The van der Waals surface area contributed by atoms with Gasteiger partial charge in [-0.2, -0.15) is 0 Å². The molecule has 0 spiro atoms. The average Bonchev–Trinajstić information content (AvgIpc) is 2.75. The van der Waals surface area contributed by atoms with Gasteiger partial charge in [0.2, 0.25) is 0 Å². The number of Topliss-reactive ketones (excluding diaryl/α,β-unsaturated/α-hetero) is 1. The van der Waals surface area contributed by atoms with E-state index in [-0.39, 0.29) is 5.78 Å². The van der Waals surface area contributed by atoms with Crippen molar-refractivity contribution < 1.29 is 9.53 Å². The van der Waals surface area contributed by atoms with Crippen molar-refractivity contribution in [1.29, 1.82) is 0 Å². The molecule has 4 heteroatoms. The molecule has 0 amide bonds. The Kier molecular flexibility index (Phi) is 3.92. The molecule has 2 nitrogen and oxygen atoms in total. The topological polar surface area (TPSA) is 26.3 Å². The molecule has 3 rings (SSSR count). The van der Waals surface area contributed by atoms with Gasteiger partial charge in [-0.05, 0) is 30.0 Å². The van der Waals surface area contributed by atoms with Gasteiger partial charge in [-0.25, -0.2) is 0 Å². The average molecular weight is 335 g/mol. The summed E-state index contributed by atoms with van der Waals surface area (Å²) in [6, 6.07) is 11.8. The van der Waals surface area contributed by atoms with E-state index < -0.39 is 5.41 Å². The van der Waals surface area contributed by atoms with Crippen LogP contribution in [0.4, 0.5) is 0 Å². The molecule has 2 aromatic carbocycles. The third-order valence-corrected chi connectivity index (χ3v) is 5.12. The second kappa shape index (κ2) is 5.60. The molecule has 0 radical (unpaired) electrons. The number of rotatable bonds is 3. The number of fused-ring (bicyclic) bond motifs is 1. The van der Waals surface area contributed by atoms with E-state index in [0.29, 0.717) is 34.2 Å². The summed E-state index contributed by atoms with van der Waals surface area (Å²) in [5.41, 5.74) is 2.10. The standard InChI is InChI=1S/C18H16Cl2O2/c1-18(9-11-6-4-3-5-7-11)10-12-8-13(22-2)15(19)16(20)14(12)17(18)21/h3-8H,9-10H2,1-2H3/t18-/m0/s1. The second-order valence-corrected chi connectivity index (χ2v) is 6.73. The monoisotopic (exact) mass is 334 g/mol. The van der Waals surface area contributed by atoms with Gasteiger partial charge in [0.05, 0.1) is 12.1 Å². The Hall–Kier alpha value is -1.51. The van der Waals surface area contributed by atoms with Crippen molar-refractivity contribution in [3.63, 3.8) is 0 Å². The summed E-state index contributed by atoms with van der Waals surface area (Å²) in [4.78, 5) is 12.9. The first kappa shape index (κ1) is 15.4. The lowest BCUT2D eigenvalue weighted by Crippen LogP contribution is -2.26. The Balaban J connectivity index is 2.02. The van der Waals surface area contributed by atoms with Crippen LogP contribution in [0.25, 0.3) is 0 Å². The van der Waals surface area contributed by atoms with Crippen molar-refractivity contribution in [2.75, 3.05) is 7.11 Å². The molecule has 0 fully saturated rings. The van der Waals surface area contributed by atoms with Crippen molar-refractivity contribution >= 4 is 29.0 Å². The Morgan fingerprint density at radius 2 is 1.86 bits per heavy atom. The number of carbonyl (C=O) groups excluding carboxylic acids is 1. The van der Waals surface area contributed by atoms with Crippen LogP contribution < -0.4 is 4.74 Å². The largest absolute Gasteiger partial charge is 0.495 e. The molecule has 1 atom stereocenters. The molecule has 0 aliphatic heterocycles. The van der Waals surface area contributed by atoms with Gasteiger partial charge in [-0.3, -0.25) is 4.79 Å². The number of benzene rings is 2. The van der Waals surface area contributed by atoms with Gasteiger partial charge < -0.3 is 4.74 Å². The lowest BCUT2D eigenvalue weighted by molar-refractivity contribution is 0.0842. The van der Waals surface area contributed by atoms with E-state index in [1.54, 1.807) is 7.11 Å². The molecule has 1 aliphatic rings. The quantitative estimate of drug-likeness (QED) is 0.790. The Bertz CT molecular complexity index is 740. The molecule has 2 aromatic rings. The summed E-state index contributed by atoms with van der Waals surface area (Å²) in [5, 5.41) is 0.609. The van der Waals surface area contributed by atoms with Gasteiger partial charge in [0.1, 0.15) is 10.8 Å². The first-order valence-corrected chi connectivity index (χ1v) is 7.85. The van der Waals surface area contributed by atoms with Crippen molar-refractivity contribution in [3.05, 3.63) is 63.1 Å². The highest BCUT2D eigenvalue weighted by Gasteiger charge is 2.43. The summed E-state index contributed by atoms with van der Waals surface area (Å²) in [6.45, 7) is 1.99.